The van der Waals surface area contributed by atoms with E-state index in [1.54, 1.807) is 23.7 Å². The Kier molecular flexibility index (Phi) is 7.12. The molecule has 0 aliphatic heterocycles. The largest absolute Gasteiger partial charge is 0.465 e. The number of thioether (sulfide) groups is 1. The van der Waals surface area contributed by atoms with E-state index in [1.807, 2.05) is 12.1 Å². The molecule has 2 aromatic rings. The first-order valence-electron chi connectivity index (χ1n) is 8.29. The van der Waals surface area contributed by atoms with Crippen LogP contribution in [-0.2, 0) is 26.6 Å². The molecular weight excluding hydrogens is 368 g/mol. The van der Waals surface area contributed by atoms with Crippen LogP contribution in [0.3, 0.4) is 0 Å². The molecule has 27 heavy (non-hydrogen) atoms. The number of hydrogen-bond acceptors (Lipinski definition) is 7. The Morgan fingerprint density at radius 1 is 1.26 bits per heavy atom. The molecule has 1 aromatic heterocycles. The fourth-order valence-electron chi connectivity index (χ4n) is 2.37. The second-order valence-electron chi connectivity index (χ2n) is 5.88. The molecule has 0 bridgehead atoms. The van der Waals surface area contributed by atoms with E-state index in [4.69, 9.17) is 0 Å². The van der Waals surface area contributed by atoms with Crippen LogP contribution in [0.1, 0.15) is 28.7 Å². The van der Waals surface area contributed by atoms with Gasteiger partial charge in [0.15, 0.2) is 0 Å². The van der Waals surface area contributed by atoms with Gasteiger partial charge in [-0.25, -0.2) is 14.5 Å². The monoisotopic (exact) mass is 390 g/mol. The summed E-state index contributed by atoms with van der Waals surface area (Å²) in [5.74, 6) is -0.466. The van der Waals surface area contributed by atoms with Crippen molar-refractivity contribution in [1.82, 2.24) is 20.1 Å². The Morgan fingerprint density at radius 3 is 2.48 bits per heavy atom. The molecule has 0 aliphatic rings. The van der Waals surface area contributed by atoms with Crippen molar-refractivity contribution in [2.24, 2.45) is 5.92 Å². The molecule has 1 unspecified atom stereocenters. The van der Waals surface area contributed by atoms with Crippen LogP contribution in [0.2, 0.25) is 0 Å². The third-order valence-electron chi connectivity index (χ3n) is 3.99. The number of nitrogens with zero attached hydrogens (tertiary/aromatic N) is 3. The molecular formula is C18H22N4O4S. The van der Waals surface area contributed by atoms with Crippen molar-refractivity contribution in [3.05, 3.63) is 41.2 Å². The Hall–Kier alpha value is -2.68. The molecule has 1 amide bonds. The van der Waals surface area contributed by atoms with Gasteiger partial charge < -0.3 is 10.1 Å². The fraction of sp³-hybridized carbons (Fsp3) is 0.389. The number of rotatable bonds is 8. The van der Waals surface area contributed by atoms with Gasteiger partial charge in [-0.1, -0.05) is 23.9 Å². The van der Waals surface area contributed by atoms with E-state index >= 15 is 0 Å². The highest BCUT2D eigenvalue weighted by Crippen LogP contribution is 2.21. The van der Waals surface area contributed by atoms with Crippen LogP contribution >= 0.6 is 11.8 Å². The van der Waals surface area contributed by atoms with Crippen LogP contribution in [0.25, 0.3) is 0 Å². The zero-order chi connectivity index (χ0) is 20.0. The maximum atomic E-state index is 11.9. The summed E-state index contributed by atoms with van der Waals surface area (Å²) < 4.78 is 6.25. The van der Waals surface area contributed by atoms with Crippen LogP contribution < -0.4 is 5.32 Å². The maximum absolute atomic E-state index is 11.9. The van der Waals surface area contributed by atoms with Crippen LogP contribution in [-0.4, -0.2) is 46.6 Å². The lowest BCUT2D eigenvalue weighted by atomic mass is 10.0. The molecule has 144 valence electrons. The first kappa shape index (κ1) is 20.6. The zero-order valence-electron chi connectivity index (χ0n) is 15.7. The molecule has 8 nitrogen and oxygen atoms in total. The lowest BCUT2D eigenvalue weighted by molar-refractivity contribution is -0.133. The number of amides is 1. The van der Waals surface area contributed by atoms with Crippen LogP contribution in [0.4, 0.5) is 0 Å². The second-order valence-corrected chi connectivity index (χ2v) is 6.82. The predicted octanol–water partition coefficient (Wildman–Crippen LogP) is 1.62. The van der Waals surface area contributed by atoms with Gasteiger partial charge in [0.25, 0.3) is 0 Å². The van der Waals surface area contributed by atoms with Gasteiger partial charge in [-0.15, -0.1) is 5.10 Å². The molecule has 0 fully saturated rings. The third kappa shape index (κ3) is 5.40. The predicted molar refractivity (Wildman–Crippen MR) is 100 cm³/mol. The number of esters is 1. The van der Waals surface area contributed by atoms with Gasteiger partial charge in [0, 0.05) is 12.8 Å². The summed E-state index contributed by atoms with van der Waals surface area (Å²) >= 11 is 1.43. The molecule has 0 saturated heterocycles. The quantitative estimate of drug-likeness (QED) is 0.415. The van der Waals surface area contributed by atoms with Crippen LogP contribution in [0, 0.1) is 12.8 Å². The van der Waals surface area contributed by atoms with Crippen LogP contribution in [0.15, 0.2) is 29.4 Å². The van der Waals surface area contributed by atoms with Crippen molar-refractivity contribution < 1.29 is 19.1 Å². The van der Waals surface area contributed by atoms with Crippen molar-refractivity contribution >= 4 is 29.4 Å². The number of methoxy groups -OCH3 is 1. The number of aromatic nitrogens is 3. The molecule has 0 radical (unpaired) electrons. The standard InChI is InChI=1S/C18H22N4O4S/c1-11(23)15(16(24)19-3)9-22-12(2)20-18(21-22)27-10-13-5-7-14(8-6-13)17(25)26-4/h5-8,15H,9-10H2,1-4H3,(H,19,24). The smallest absolute Gasteiger partial charge is 0.337 e. The summed E-state index contributed by atoms with van der Waals surface area (Å²) in [6, 6.07) is 7.11. The van der Waals surface area contributed by atoms with Gasteiger partial charge in [0.05, 0.1) is 19.2 Å². The Bertz CT molecular complexity index is 832. The van der Waals surface area contributed by atoms with Crippen molar-refractivity contribution in [2.75, 3.05) is 14.2 Å². The van der Waals surface area contributed by atoms with Gasteiger partial charge in [-0.2, -0.15) is 0 Å². The number of nitrogens with one attached hydrogen (secondary N) is 1. The molecule has 1 atom stereocenters. The van der Waals surface area contributed by atoms with Crippen LogP contribution in [0.5, 0.6) is 0 Å². The number of carbonyl (C=O) groups excluding carboxylic acids is 3. The summed E-state index contributed by atoms with van der Waals surface area (Å²) in [5.41, 5.74) is 1.50. The van der Waals surface area contributed by atoms with E-state index in [0.717, 1.165) is 5.56 Å². The lowest BCUT2D eigenvalue weighted by Gasteiger charge is -2.12. The highest BCUT2D eigenvalue weighted by atomic mass is 32.2. The molecule has 0 aliphatic carbocycles. The van der Waals surface area contributed by atoms with Crippen molar-refractivity contribution in [1.29, 1.82) is 0 Å². The highest BCUT2D eigenvalue weighted by Gasteiger charge is 2.24. The van der Waals surface area contributed by atoms with E-state index in [1.165, 1.54) is 32.8 Å². The van der Waals surface area contributed by atoms with E-state index in [2.05, 4.69) is 20.1 Å². The Balaban J connectivity index is 2.02. The Morgan fingerprint density at radius 2 is 1.93 bits per heavy atom. The summed E-state index contributed by atoms with van der Waals surface area (Å²) in [6.07, 6.45) is 0. The molecule has 9 heteroatoms. The fourth-order valence-corrected chi connectivity index (χ4v) is 3.22. The number of ether oxygens (including phenoxy) is 1. The normalized spacial score (nSPS) is 11.7. The molecule has 2 rings (SSSR count). The number of aryl methyl sites for hydroxylation is 1. The number of ketones is 1. The number of Topliss-reactive ketones (excluding diaryl/α,β-unsaturated/α-hetero) is 1. The first-order chi connectivity index (χ1) is 12.8. The van der Waals surface area contributed by atoms with Gasteiger partial charge in [0.2, 0.25) is 11.1 Å². The average Bonchev–Trinajstić information content (AvgIpc) is 3.02. The third-order valence-corrected chi connectivity index (χ3v) is 4.90. The first-order valence-corrected chi connectivity index (χ1v) is 9.27. The highest BCUT2D eigenvalue weighted by molar-refractivity contribution is 7.98. The van der Waals surface area contributed by atoms with Gasteiger partial charge in [-0.3, -0.25) is 9.59 Å². The van der Waals surface area contributed by atoms with Crippen molar-refractivity contribution in [3.63, 3.8) is 0 Å². The minimum absolute atomic E-state index is 0.155. The average molecular weight is 390 g/mol. The Labute approximate surface area is 161 Å². The maximum Gasteiger partial charge on any atom is 0.337 e. The molecule has 1 N–H and O–H groups in total. The minimum atomic E-state index is -0.792. The minimum Gasteiger partial charge on any atom is -0.465 e. The summed E-state index contributed by atoms with van der Waals surface area (Å²) in [5, 5.41) is 7.44. The lowest BCUT2D eigenvalue weighted by Crippen LogP contribution is -2.35. The molecule has 0 saturated carbocycles. The number of hydrogen-bond donors (Lipinski definition) is 1. The number of benzene rings is 1. The van der Waals surface area contributed by atoms with E-state index in [-0.39, 0.29) is 24.2 Å². The second kappa shape index (κ2) is 9.31. The van der Waals surface area contributed by atoms with Crippen molar-refractivity contribution in [3.8, 4) is 0 Å². The summed E-state index contributed by atoms with van der Waals surface area (Å²) in [7, 11) is 2.84. The van der Waals surface area contributed by atoms with Gasteiger partial charge in [-0.05, 0) is 31.5 Å². The van der Waals surface area contributed by atoms with E-state index in [0.29, 0.717) is 22.3 Å². The molecule has 0 spiro atoms. The van der Waals surface area contributed by atoms with E-state index in [9.17, 15) is 14.4 Å². The van der Waals surface area contributed by atoms with Crippen molar-refractivity contribution in [2.45, 2.75) is 31.3 Å². The number of carbonyl (C=O) groups is 3. The van der Waals surface area contributed by atoms with Gasteiger partial charge in [0.1, 0.15) is 17.5 Å². The SMILES string of the molecule is CNC(=O)C(Cn1nc(SCc2ccc(C(=O)OC)cc2)nc1C)C(C)=O. The molecule has 1 aromatic carbocycles. The zero-order valence-corrected chi connectivity index (χ0v) is 16.5. The van der Waals surface area contributed by atoms with Gasteiger partial charge >= 0.3 is 5.97 Å². The summed E-state index contributed by atoms with van der Waals surface area (Å²) in [4.78, 5) is 39.4. The topological polar surface area (TPSA) is 103 Å². The summed E-state index contributed by atoms with van der Waals surface area (Å²) in [6.45, 7) is 3.32. The molecule has 1 heterocycles. The van der Waals surface area contributed by atoms with E-state index < -0.39 is 5.92 Å².